The minimum absolute atomic E-state index is 0.0555. The lowest BCUT2D eigenvalue weighted by molar-refractivity contribution is -0.130. The largest absolute Gasteiger partial charge is 0.344 e. The maximum Gasteiger partial charge on any atom is 0.257 e. The summed E-state index contributed by atoms with van der Waals surface area (Å²) in [6.07, 6.45) is 5.38. The highest BCUT2D eigenvalue weighted by atomic mass is 16.2. The number of nitrogens with zero attached hydrogens (tertiary/aromatic N) is 5. The highest BCUT2D eigenvalue weighted by molar-refractivity contribution is 5.93. The van der Waals surface area contributed by atoms with Crippen LogP contribution in [0.15, 0.2) is 12.4 Å². The van der Waals surface area contributed by atoms with Crippen LogP contribution in [0, 0.1) is 0 Å². The molecular formula is C16H25N5O2. The van der Waals surface area contributed by atoms with Crippen LogP contribution in [0.5, 0.6) is 0 Å². The first-order valence-electron chi connectivity index (χ1n) is 8.11. The molecule has 0 saturated carbocycles. The van der Waals surface area contributed by atoms with Gasteiger partial charge in [-0.05, 0) is 6.42 Å². The van der Waals surface area contributed by atoms with E-state index in [9.17, 15) is 9.59 Å². The molecule has 0 unspecified atom stereocenters. The Hall–Kier alpha value is -2.18. The molecule has 0 atom stereocenters. The highest BCUT2D eigenvalue weighted by Crippen LogP contribution is 2.10. The van der Waals surface area contributed by atoms with Gasteiger partial charge in [0, 0.05) is 59.1 Å². The van der Waals surface area contributed by atoms with Crippen LogP contribution in [0.1, 0.15) is 37.0 Å². The van der Waals surface area contributed by atoms with E-state index in [0.717, 1.165) is 19.4 Å². The van der Waals surface area contributed by atoms with Gasteiger partial charge in [0.2, 0.25) is 11.9 Å². The van der Waals surface area contributed by atoms with Crippen LogP contribution in [0.25, 0.3) is 0 Å². The zero-order valence-corrected chi connectivity index (χ0v) is 14.2. The maximum absolute atomic E-state index is 12.5. The van der Waals surface area contributed by atoms with Crippen molar-refractivity contribution in [2.45, 2.75) is 26.7 Å². The molecule has 1 aromatic heterocycles. The van der Waals surface area contributed by atoms with Gasteiger partial charge in [0.05, 0.1) is 5.56 Å². The van der Waals surface area contributed by atoms with Crippen molar-refractivity contribution in [3.63, 3.8) is 0 Å². The first kappa shape index (κ1) is 17.2. The second-order valence-corrected chi connectivity index (χ2v) is 5.85. The van der Waals surface area contributed by atoms with Crippen LogP contribution in [0.3, 0.4) is 0 Å². The monoisotopic (exact) mass is 319 g/mol. The predicted molar refractivity (Wildman–Crippen MR) is 88.4 cm³/mol. The fourth-order valence-corrected chi connectivity index (χ4v) is 2.53. The Balaban J connectivity index is 1.94. The number of hydrogen-bond donors (Lipinski definition) is 0. The molecule has 0 bridgehead atoms. The molecular weight excluding hydrogens is 294 g/mol. The summed E-state index contributed by atoms with van der Waals surface area (Å²) in [5, 5.41) is 0. The molecule has 0 spiro atoms. The number of aromatic nitrogens is 2. The smallest absolute Gasteiger partial charge is 0.257 e. The topological polar surface area (TPSA) is 69.6 Å². The molecule has 1 saturated heterocycles. The molecule has 7 nitrogen and oxygen atoms in total. The second kappa shape index (κ2) is 7.89. The zero-order valence-electron chi connectivity index (χ0n) is 14.2. The summed E-state index contributed by atoms with van der Waals surface area (Å²) in [5.41, 5.74) is 0.494. The highest BCUT2D eigenvalue weighted by Gasteiger charge is 2.23. The van der Waals surface area contributed by atoms with E-state index >= 15 is 0 Å². The van der Waals surface area contributed by atoms with Gasteiger partial charge in [-0.1, -0.05) is 13.3 Å². The Morgan fingerprint density at radius 3 is 2.22 bits per heavy atom. The molecule has 0 N–H and O–H groups in total. The molecule has 2 rings (SSSR count). The number of amides is 2. The van der Waals surface area contributed by atoms with E-state index in [1.807, 2.05) is 11.9 Å². The molecule has 0 aromatic carbocycles. The van der Waals surface area contributed by atoms with E-state index in [-0.39, 0.29) is 11.8 Å². The molecule has 0 radical (unpaired) electrons. The number of carbonyl (C=O) groups is 2. The average Bonchev–Trinajstić information content (AvgIpc) is 2.59. The lowest BCUT2D eigenvalue weighted by Crippen LogP contribution is -2.50. The van der Waals surface area contributed by atoms with Gasteiger partial charge in [0.1, 0.15) is 0 Å². The van der Waals surface area contributed by atoms with E-state index in [1.165, 1.54) is 0 Å². The van der Waals surface area contributed by atoms with Crippen molar-refractivity contribution in [2.75, 3.05) is 44.7 Å². The average molecular weight is 319 g/mol. The minimum Gasteiger partial charge on any atom is -0.344 e. The Labute approximate surface area is 137 Å². The van der Waals surface area contributed by atoms with Crippen molar-refractivity contribution in [3.8, 4) is 0 Å². The third kappa shape index (κ3) is 4.40. The van der Waals surface area contributed by atoms with Gasteiger partial charge in [-0.25, -0.2) is 9.97 Å². The molecule has 1 aliphatic heterocycles. The van der Waals surface area contributed by atoms with Gasteiger partial charge in [-0.3, -0.25) is 9.59 Å². The van der Waals surface area contributed by atoms with Gasteiger partial charge in [-0.2, -0.15) is 0 Å². The van der Waals surface area contributed by atoms with Crippen LogP contribution in [-0.2, 0) is 4.79 Å². The van der Waals surface area contributed by atoms with Gasteiger partial charge in [0.25, 0.3) is 5.91 Å². The first-order chi connectivity index (χ1) is 11.0. The van der Waals surface area contributed by atoms with Crippen LogP contribution < -0.4 is 4.90 Å². The number of hydrogen-bond acceptors (Lipinski definition) is 5. The van der Waals surface area contributed by atoms with E-state index in [4.69, 9.17) is 0 Å². The van der Waals surface area contributed by atoms with Crippen molar-refractivity contribution in [3.05, 3.63) is 18.0 Å². The number of unbranched alkanes of at least 4 members (excludes halogenated alkanes) is 1. The van der Waals surface area contributed by atoms with Gasteiger partial charge in [0.15, 0.2) is 0 Å². The Bertz CT molecular complexity index is 538. The minimum atomic E-state index is -0.0732. The standard InChI is InChI=1S/C16H25N5O2/c1-4-5-6-19(3)16-17-11-14(12-18-16)15(23)21-9-7-20(8-10-21)13(2)22/h11-12H,4-10H2,1-3H3. The van der Waals surface area contributed by atoms with Crippen molar-refractivity contribution >= 4 is 17.8 Å². The molecule has 2 heterocycles. The van der Waals surface area contributed by atoms with E-state index in [1.54, 1.807) is 29.1 Å². The lowest BCUT2D eigenvalue weighted by atomic mass is 10.2. The molecule has 1 aromatic rings. The summed E-state index contributed by atoms with van der Waals surface area (Å²) in [4.78, 5) is 37.9. The van der Waals surface area contributed by atoms with E-state index in [0.29, 0.717) is 37.7 Å². The van der Waals surface area contributed by atoms with Gasteiger partial charge >= 0.3 is 0 Å². The summed E-state index contributed by atoms with van der Waals surface area (Å²) in [5.74, 6) is 0.618. The van der Waals surface area contributed by atoms with E-state index in [2.05, 4.69) is 16.9 Å². The fraction of sp³-hybridized carbons (Fsp3) is 0.625. The van der Waals surface area contributed by atoms with Gasteiger partial charge in [-0.15, -0.1) is 0 Å². The Kier molecular flexibility index (Phi) is 5.90. The third-order valence-electron chi connectivity index (χ3n) is 4.09. The summed E-state index contributed by atoms with van der Waals surface area (Å²) in [6.45, 7) is 6.87. The number of carbonyl (C=O) groups excluding carboxylic acids is 2. The third-order valence-corrected chi connectivity index (χ3v) is 4.09. The summed E-state index contributed by atoms with van der Waals surface area (Å²) < 4.78 is 0. The quantitative estimate of drug-likeness (QED) is 0.810. The fourth-order valence-electron chi connectivity index (χ4n) is 2.53. The van der Waals surface area contributed by atoms with Crippen LogP contribution in [-0.4, -0.2) is 71.4 Å². The normalized spacial score (nSPS) is 14.7. The van der Waals surface area contributed by atoms with Crippen molar-refractivity contribution in [1.29, 1.82) is 0 Å². The molecule has 7 heteroatoms. The van der Waals surface area contributed by atoms with Gasteiger partial charge < -0.3 is 14.7 Å². The SMILES string of the molecule is CCCCN(C)c1ncc(C(=O)N2CCN(C(C)=O)CC2)cn1. The zero-order chi connectivity index (χ0) is 16.8. The number of anilines is 1. The predicted octanol–water partition coefficient (Wildman–Crippen LogP) is 1.02. The molecule has 1 fully saturated rings. The first-order valence-corrected chi connectivity index (χ1v) is 8.11. The van der Waals surface area contributed by atoms with Crippen LogP contribution >= 0.6 is 0 Å². The molecule has 0 aliphatic carbocycles. The lowest BCUT2D eigenvalue weighted by Gasteiger charge is -2.34. The van der Waals surface area contributed by atoms with Crippen molar-refractivity contribution in [2.24, 2.45) is 0 Å². The summed E-state index contributed by atoms with van der Waals surface area (Å²) >= 11 is 0. The number of piperazine rings is 1. The molecule has 23 heavy (non-hydrogen) atoms. The van der Waals surface area contributed by atoms with Crippen LogP contribution in [0.4, 0.5) is 5.95 Å². The van der Waals surface area contributed by atoms with Crippen LogP contribution in [0.2, 0.25) is 0 Å². The molecule has 1 aliphatic rings. The Morgan fingerprint density at radius 1 is 1.13 bits per heavy atom. The maximum atomic E-state index is 12.5. The summed E-state index contributed by atoms with van der Waals surface area (Å²) in [7, 11) is 1.95. The summed E-state index contributed by atoms with van der Waals surface area (Å²) in [6, 6.07) is 0. The Morgan fingerprint density at radius 2 is 1.70 bits per heavy atom. The second-order valence-electron chi connectivity index (χ2n) is 5.85. The number of rotatable bonds is 5. The van der Waals surface area contributed by atoms with Crippen molar-refractivity contribution < 1.29 is 9.59 Å². The molecule has 126 valence electrons. The van der Waals surface area contributed by atoms with E-state index < -0.39 is 0 Å². The molecule has 2 amide bonds. The van der Waals surface area contributed by atoms with Crippen molar-refractivity contribution in [1.82, 2.24) is 19.8 Å².